The second-order valence-corrected chi connectivity index (χ2v) is 10.5. The summed E-state index contributed by atoms with van der Waals surface area (Å²) in [7, 11) is 0. The van der Waals surface area contributed by atoms with Crippen LogP contribution in [0, 0.1) is 29.6 Å². The predicted octanol–water partition coefficient (Wildman–Crippen LogP) is 5.17. The van der Waals surface area contributed by atoms with Crippen molar-refractivity contribution in [2.45, 2.75) is 85.1 Å². The van der Waals surface area contributed by atoms with Crippen molar-refractivity contribution in [2.24, 2.45) is 22.7 Å². The second kappa shape index (κ2) is 5.59. The van der Waals surface area contributed by atoms with Crippen molar-refractivity contribution in [1.82, 2.24) is 5.32 Å². The molecule has 0 heterocycles. The maximum absolute atomic E-state index is 11.7. The first kappa shape index (κ1) is 18.1. The molecular formula is C24H35NO. The molecule has 0 saturated heterocycles. The third-order valence-electron chi connectivity index (χ3n) is 8.76. The van der Waals surface area contributed by atoms with Gasteiger partial charge in [0.05, 0.1) is 0 Å². The van der Waals surface area contributed by atoms with Crippen molar-refractivity contribution in [3.8, 4) is 0 Å². The van der Waals surface area contributed by atoms with Crippen LogP contribution in [0.5, 0.6) is 0 Å². The van der Waals surface area contributed by atoms with Crippen molar-refractivity contribution in [1.29, 1.82) is 0 Å². The highest BCUT2D eigenvalue weighted by molar-refractivity contribution is 5.73. The molecule has 0 radical (unpaired) electrons. The number of hydrogen-bond donors (Lipinski definition) is 1. The Hall–Kier alpha value is -1.31. The van der Waals surface area contributed by atoms with Gasteiger partial charge in [0, 0.05) is 13.0 Å². The third-order valence-corrected chi connectivity index (χ3v) is 8.76. The minimum absolute atomic E-state index is 0.121. The van der Waals surface area contributed by atoms with E-state index in [1.165, 1.54) is 31.2 Å². The molecule has 3 aliphatic carbocycles. The average Bonchev–Trinajstić information content (AvgIpc) is 2.83. The first-order chi connectivity index (χ1) is 12.1. The number of aryl methyl sites for hydroxylation is 1. The van der Waals surface area contributed by atoms with Crippen LogP contribution in [0.15, 0.2) is 18.2 Å². The summed E-state index contributed by atoms with van der Waals surface area (Å²) in [6, 6.07) is 7.47. The van der Waals surface area contributed by atoms with Crippen LogP contribution in [0.2, 0.25) is 0 Å². The Bertz CT molecular complexity index is 751. The highest BCUT2D eigenvalue weighted by atomic mass is 16.1. The molecule has 0 aromatic heterocycles. The van der Waals surface area contributed by atoms with Crippen molar-refractivity contribution in [2.75, 3.05) is 0 Å². The van der Waals surface area contributed by atoms with E-state index in [0.717, 1.165) is 12.3 Å². The lowest BCUT2D eigenvalue weighted by Gasteiger charge is -2.63. The fourth-order valence-corrected chi connectivity index (χ4v) is 7.51. The lowest BCUT2D eigenvalue weighted by molar-refractivity contribution is -0.131. The first-order valence-corrected chi connectivity index (χ1v) is 10.5. The van der Waals surface area contributed by atoms with Gasteiger partial charge in [-0.15, -0.1) is 0 Å². The van der Waals surface area contributed by atoms with Crippen LogP contribution in [0.25, 0.3) is 0 Å². The van der Waals surface area contributed by atoms with E-state index < -0.39 is 0 Å². The number of carbonyl (C=O) groups is 1. The number of amides is 1. The molecule has 1 N–H and O–H groups in total. The molecule has 1 aromatic rings. The molecular weight excluding hydrogens is 318 g/mol. The van der Waals surface area contributed by atoms with Gasteiger partial charge >= 0.3 is 0 Å². The number of carbonyl (C=O) groups excluding carboxylic acids is 1. The molecule has 2 nitrogen and oxygen atoms in total. The molecule has 1 amide bonds. The molecule has 1 aromatic carbocycles. The van der Waals surface area contributed by atoms with E-state index in [1.54, 1.807) is 18.1 Å². The lowest BCUT2D eigenvalue weighted by atomic mass is 9.42. The molecule has 0 spiro atoms. The zero-order valence-corrected chi connectivity index (χ0v) is 17.4. The van der Waals surface area contributed by atoms with Crippen LogP contribution >= 0.6 is 0 Å². The highest BCUT2D eigenvalue weighted by Crippen LogP contribution is 2.67. The van der Waals surface area contributed by atoms with Crippen molar-refractivity contribution < 1.29 is 4.79 Å². The standard InChI is InChI=1S/C24H35NO/c1-15-7-8-18-17(13-15)14-20-23(18,5)11-9-19-22(3,4)21(25-16(2)26)10-12-24(19,20)6/h7-8,13,19-21H,9-12,14H2,1-6H3,(H,25,26). The monoisotopic (exact) mass is 353 g/mol. The van der Waals surface area contributed by atoms with E-state index in [4.69, 9.17) is 0 Å². The van der Waals surface area contributed by atoms with Crippen LogP contribution in [0.4, 0.5) is 0 Å². The van der Waals surface area contributed by atoms with Gasteiger partial charge in [-0.1, -0.05) is 51.5 Å². The molecule has 26 heavy (non-hydrogen) atoms. The molecule has 3 aliphatic rings. The minimum atomic E-state index is 0.121. The molecule has 5 atom stereocenters. The fraction of sp³-hybridized carbons (Fsp3) is 0.708. The molecule has 2 saturated carbocycles. The molecule has 4 rings (SSSR count). The third kappa shape index (κ3) is 2.33. The Morgan fingerprint density at radius 3 is 2.50 bits per heavy atom. The van der Waals surface area contributed by atoms with E-state index in [1.807, 2.05) is 0 Å². The second-order valence-electron chi connectivity index (χ2n) is 10.5. The molecule has 2 heteroatoms. The van der Waals surface area contributed by atoms with Crippen LogP contribution in [0.3, 0.4) is 0 Å². The van der Waals surface area contributed by atoms with Crippen molar-refractivity contribution in [3.05, 3.63) is 34.9 Å². The van der Waals surface area contributed by atoms with Crippen LogP contribution < -0.4 is 5.32 Å². The smallest absolute Gasteiger partial charge is 0.217 e. The van der Waals surface area contributed by atoms with E-state index in [0.29, 0.717) is 22.8 Å². The van der Waals surface area contributed by atoms with Gasteiger partial charge in [-0.2, -0.15) is 0 Å². The van der Waals surface area contributed by atoms with E-state index in [2.05, 4.69) is 58.1 Å². The number of nitrogens with one attached hydrogen (secondary N) is 1. The van der Waals surface area contributed by atoms with E-state index in [-0.39, 0.29) is 11.3 Å². The molecule has 2 fully saturated rings. The number of fused-ring (bicyclic) bond motifs is 5. The van der Waals surface area contributed by atoms with E-state index >= 15 is 0 Å². The van der Waals surface area contributed by atoms with Gasteiger partial charge in [0.25, 0.3) is 0 Å². The van der Waals surface area contributed by atoms with E-state index in [9.17, 15) is 4.79 Å². The Kier molecular flexibility index (Phi) is 3.89. The van der Waals surface area contributed by atoms with Crippen molar-refractivity contribution >= 4 is 5.91 Å². The van der Waals surface area contributed by atoms with Crippen LogP contribution in [-0.2, 0) is 16.6 Å². The molecule has 142 valence electrons. The summed E-state index contributed by atoms with van der Waals surface area (Å²) < 4.78 is 0. The van der Waals surface area contributed by atoms with Crippen LogP contribution in [0.1, 0.15) is 77.0 Å². The Morgan fingerprint density at radius 2 is 1.81 bits per heavy atom. The number of hydrogen-bond acceptors (Lipinski definition) is 1. The summed E-state index contributed by atoms with van der Waals surface area (Å²) in [5.74, 6) is 1.52. The summed E-state index contributed by atoms with van der Waals surface area (Å²) >= 11 is 0. The SMILES string of the molecule is CC(=O)NC1CCC2(C)C3Cc4cc(C)ccc4C3(C)CCC2C1(C)C. The zero-order valence-electron chi connectivity index (χ0n) is 17.4. The van der Waals surface area contributed by atoms with Gasteiger partial charge < -0.3 is 5.32 Å². The summed E-state index contributed by atoms with van der Waals surface area (Å²) in [5, 5.41) is 3.28. The summed E-state index contributed by atoms with van der Waals surface area (Å²) in [4.78, 5) is 11.7. The maximum Gasteiger partial charge on any atom is 0.217 e. The van der Waals surface area contributed by atoms with Crippen molar-refractivity contribution in [3.63, 3.8) is 0 Å². The zero-order chi connectivity index (χ0) is 18.9. The Morgan fingerprint density at radius 1 is 1.08 bits per heavy atom. The summed E-state index contributed by atoms with van der Waals surface area (Å²) in [6.45, 7) is 13.8. The van der Waals surface area contributed by atoms with Gasteiger partial charge in [-0.05, 0) is 78.2 Å². The van der Waals surface area contributed by atoms with Gasteiger partial charge in [0.2, 0.25) is 5.91 Å². The normalized spacial score (nSPS) is 40.3. The Labute approximate surface area is 159 Å². The molecule has 0 aliphatic heterocycles. The lowest BCUT2D eigenvalue weighted by Crippen LogP contribution is -2.61. The molecule has 0 bridgehead atoms. The summed E-state index contributed by atoms with van der Waals surface area (Å²) in [5.41, 5.74) is 5.45. The average molecular weight is 354 g/mol. The Balaban J connectivity index is 1.72. The minimum Gasteiger partial charge on any atom is -0.353 e. The fourth-order valence-electron chi connectivity index (χ4n) is 7.51. The van der Waals surface area contributed by atoms with Gasteiger partial charge in [0.1, 0.15) is 0 Å². The topological polar surface area (TPSA) is 29.1 Å². The number of benzene rings is 1. The highest BCUT2D eigenvalue weighted by Gasteiger charge is 2.62. The van der Waals surface area contributed by atoms with Gasteiger partial charge in [-0.3, -0.25) is 4.79 Å². The summed E-state index contributed by atoms with van der Waals surface area (Å²) in [6.07, 6.45) is 6.15. The maximum atomic E-state index is 11.7. The number of rotatable bonds is 1. The largest absolute Gasteiger partial charge is 0.353 e. The first-order valence-electron chi connectivity index (χ1n) is 10.5. The van der Waals surface area contributed by atoms with Gasteiger partial charge in [-0.25, -0.2) is 0 Å². The molecule has 5 unspecified atom stereocenters. The van der Waals surface area contributed by atoms with Crippen LogP contribution in [-0.4, -0.2) is 11.9 Å². The quantitative estimate of drug-likeness (QED) is 0.742. The predicted molar refractivity (Wildman–Crippen MR) is 107 cm³/mol. The van der Waals surface area contributed by atoms with Gasteiger partial charge in [0.15, 0.2) is 0 Å².